The molecule has 126 valence electrons. The van der Waals surface area contributed by atoms with E-state index in [9.17, 15) is 28.1 Å². The molecule has 0 unspecified atom stereocenters. The second kappa shape index (κ2) is 6.69. The van der Waals surface area contributed by atoms with Crippen molar-refractivity contribution < 1.29 is 27.6 Å². The zero-order chi connectivity index (χ0) is 17.9. The third-order valence-corrected chi connectivity index (χ3v) is 3.28. The Balaban J connectivity index is 2.25. The first-order chi connectivity index (χ1) is 11.2. The molecule has 2 rings (SSSR count). The highest BCUT2D eigenvalue weighted by atomic mass is 19.4. The molecule has 0 saturated carbocycles. The van der Waals surface area contributed by atoms with Crippen LogP contribution in [0.3, 0.4) is 0 Å². The average molecular weight is 339 g/mol. The van der Waals surface area contributed by atoms with Gasteiger partial charge in [-0.25, -0.2) is 0 Å². The maximum atomic E-state index is 13.0. The minimum atomic E-state index is -4.84. The highest BCUT2D eigenvalue weighted by Crippen LogP contribution is 2.38. The Hall–Kier alpha value is -2.90. The Morgan fingerprint density at radius 2 is 1.88 bits per heavy atom. The van der Waals surface area contributed by atoms with Crippen LogP contribution in [0.2, 0.25) is 0 Å². The fourth-order valence-corrected chi connectivity index (χ4v) is 2.09. The van der Waals surface area contributed by atoms with Gasteiger partial charge in [-0.2, -0.15) is 13.2 Å². The molecule has 0 amide bonds. The second-order valence-electron chi connectivity index (χ2n) is 4.96. The van der Waals surface area contributed by atoms with Crippen molar-refractivity contribution in [3.63, 3.8) is 0 Å². The topological polar surface area (TPSA) is 69.4 Å². The average Bonchev–Trinajstić information content (AvgIpc) is 2.52. The summed E-state index contributed by atoms with van der Waals surface area (Å²) in [4.78, 5) is 21.8. The summed E-state index contributed by atoms with van der Waals surface area (Å²) in [5.41, 5.74) is -0.993. The monoisotopic (exact) mass is 339 g/mol. The van der Waals surface area contributed by atoms with E-state index in [-0.39, 0.29) is 0 Å². The number of nitro groups is 1. The minimum absolute atomic E-state index is 0.341. The molecule has 2 aromatic carbocycles. The van der Waals surface area contributed by atoms with Crippen LogP contribution in [-0.4, -0.2) is 17.3 Å². The van der Waals surface area contributed by atoms with Gasteiger partial charge in [0.25, 0.3) is 5.69 Å². The highest BCUT2D eigenvalue weighted by molar-refractivity contribution is 5.98. The lowest BCUT2D eigenvalue weighted by atomic mass is 10.1. The van der Waals surface area contributed by atoms with Crippen LogP contribution in [0.25, 0.3) is 0 Å². The van der Waals surface area contributed by atoms with Gasteiger partial charge in [0.1, 0.15) is 11.3 Å². The number of ketones is 1. The van der Waals surface area contributed by atoms with Crippen LogP contribution >= 0.6 is 0 Å². The van der Waals surface area contributed by atoms with E-state index in [4.69, 9.17) is 4.74 Å². The number of alkyl halides is 3. The maximum absolute atomic E-state index is 13.0. The number of hydrogen-bond acceptors (Lipinski definition) is 4. The first-order valence-corrected chi connectivity index (χ1v) is 6.77. The van der Waals surface area contributed by atoms with E-state index in [2.05, 4.69) is 0 Å². The third-order valence-electron chi connectivity index (χ3n) is 3.28. The van der Waals surface area contributed by atoms with Crippen molar-refractivity contribution in [2.45, 2.75) is 13.1 Å². The Morgan fingerprint density at radius 3 is 2.46 bits per heavy atom. The van der Waals surface area contributed by atoms with Gasteiger partial charge in [-0.1, -0.05) is 24.3 Å². The number of rotatable bonds is 5. The van der Waals surface area contributed by atoms with Crippen LogP contribution in [0, 0.1) is 17.0 Å². The molecule has 0 fully saturated rings. The normalized spacial score (nSPS) is 11.2. The molecule has 24 heavy (non-hydrogen) atoms. The van der Waals surface area contributed by atoms with Crippen molar-refractivity contribution in [2.75, 3.05) is 6.61 Å². The number of nitrogens with zero attached hydrogens (tertiary/aromatic N) is 1. The van der Waals surface area contributed by atoms with E-state index in [1.807, 2.05) is 0 Å². The zero-order valence-electron chi connectivity index (χ0n) is 12.5. The van der Waals surface area contributed by atoms with Crippen molar-refractivity contribution in [1.82, 2.24) is 0 Å². The predicted octanol–water partition coefficient (Wildman–Crippen LogP) is 4.18. The van der Waals surface area contributed by atoms with Crippen molar-refractivity contribution >= 4 is 11.5 Å². The predicted molar refractivity (Wildman–Crippen MR) is 79.1 cm³/mol. The SMILES string of the molecule is Cc1ccccc1C(=O)COc1ccc([N+](=O)[O-])cc1C(F)(F)F. The first-order valence-electron chi connectivity index (χ1n) is 6.77. The number of aryl methyl sites for hydroxylation is 1. The van der Waals surface area contributed by atoms with Gasteiger partial charge in [0, 0.05) is 17.7 Å². The molecule has 0 heterocycles. The van der Waals surface area contributed by atoms with Crippen molar-refractivity contribution in [1.29, 1.82) is 0 Å². The number of nitro benzene ring substituents is 1. The lowest BCUT2D eigenvalue weighted by molar-refractivity contribution is -0.385. The Bertz CT molecular complexity index is 787. The fraction of sp³-hybridized carbons (Fsp3) is 0.188. The molecule has 0 bridgehead atoms. The van der Waals surface area contributed by atoms with E-state index >= 15 is 0 Å². The van der Waals surface area contributed by atoms with Gasteiger partial charge in [0.15, 0.2) is 12.4 Å². The number of carbonyl (C=O) groups is 1. The number of benzene rings is 2. The third kappa shape index (κ3) is 3.89. The second-order valence-corrected chi connectivity index (χ2v) is 4.96. The smallest absolute Gasteiger partial charge is 0.420 e. The van der Waals surface area contributed by atoms with Crippen LogP contribution in [0.15, 0.2) is 42.5 Å². The molecule has 0 N–H and O–H groups in total. The van der Waals surface area contributed by atoms with Crippen molar-refractivity contribution in [2.24, 2.45) is 0 Å². The van der Waals surface area contributed by atoms with Gasteiger partial charge in [0.2, 0.25) is 0 Å². The van der Waals surface area contributed by atoms with Gasteiger partial charge in [-0.05, 0) is 18.6 Å². The van der Waals surface area contributed by atoms with E-state index in [0.717, 1.165) is 12.1 Å². The number of halogens is 3. The Morgan fingerprint density at radius 1 is 1.21 bits per heavy atom. The largest absolute Gasteiger partial charge is 0.485 e. The van der Waals surface area contributed by atoms with Gasteiger partial charge in [0.05, 0.1) is 4.92 Å². The fourth-order valence-electron chi connectivity index (χ4n) is 2.09. The van der Waals surface area contributed by atoms with Crippen LogP contribution in [0.5, 0.6) is 5.75 Å². The number of non-ortho nitro benzene ring substituents is 1. The summed E-state index contributed by atoms with van der Waals surface area (Å²) in [5.74, 6) is -1.12. The molecular weight excluding hydrogens is 327 g/mol. The van der Waals surface area contributed by atoms with E-state index in [0.29, 0.717) is 17.2 Å². The van der Waals surface area contributed by atoms with Crippen LogP contribution in [-0.2, 0) is 6.18 Å². The molecule has 5 nitrogen and oxygen atoms in total. The molecule has 8 heteroatoms. The molecule has 0 saturated heterocycles. The molecule has 0 aliphatic heterocycles. The summed E-state index contributed by atoms with van der Waals surface area (Å²) in [6.07, 6.45) is -4.84. The lowest BCUT2D eigenvalue weighted by Crippen LogP contribution is -2.16. The van der Waals surface area contributed by atoms with Crippen LogP contribution < -0.4 is 4.74 Å². The summed E-state index contributed by atoms with van der Waals surface area (Å²) >= 11 is 0. The molecular formula is C16H12F3NO4. The Labute approximate surface area is 134 Å². The molecule has 0 aliphatic rings. The summed E-state index contributed by atoms with van der Waals surface area (Å²) < 4.78 is 44.0. The van der Waals surface area contributed by atoms with Crippen molar-refractivity contribution in [3.8, 4) is 5.75 Å². The summed E-state index contributed by atoms with van der Waals surface area (Å²) in [5, 5.41) is 10.6. The molecule has 0 aromatic heterocycles. The van der Waals surface area contributed by atoms with E-state index in [1.165, 1.54) is 0 Å². The van der Waals surface area contributed by atoms with Crippen molar-refractivity contribution in [3.05, 3.63) is 69.3 Å². The summed E-state index contributed by atoms with van der Waals surface area (Å²) in [6.45, 7) is 1.09. The van der Waals surface area contributed by atoms with Gasteiger partial charge in [-0.15, -0.1) is 0 Å². The maximum Gasteiger partial charge on any atom is 0.420 e. The molecule has 2 aromatic rings. The number of carbonyl (C=O) groups excluding carboxylic acids is 1. The minimum Gasteiger partial charge on any atom is -0.485 e. The number of Topliss-reactive ketones (excluding diaryl/α,β-unsaturated/α-hetero) is 1. The summed E-state index contributed by atoms with van der Waals surface area (Å²) in [6, 6.07) is 8.71. The van der Waals surface area contributed by atoms with E-state index in [1.54, 1.807) is 31.2 Å². The van der Waals surface area contributed by atoms with Gasteiger partial charge < -0.3 is 4.74 Å². The quantitative estimate of drug-likeness (QED) is 0.465. The molecule has 0 atom stereocenters. The van der Waals surface area contributed by atoms with Gasteiger partial charge >= 0.3 is 6.18 Å². The van der Waals surface area contributed by atoms with E-state index < -0.39 is 40.5 Å². The van der Waals surface area contributed by atoms with Crippen LogP contribution in [0.1, 0.15) is 21.5 Å². The highest BCUT2D eigenvalue weighted by Gasteiger charge is 2.36. The molecule has 0 radical (unpaired) electrons. The number of hydrogen-bond donors (Lipinski definition) is 0. The first kappa shape index (κ1) is 17.5. The molecule has 0 spiro atoms. The van der Waals surface area contributed by atoms with Crippen LogP contribution in [0.4, 0.5) is 18.9 Å². The van der Waals surface area contributed by atoms with Gasteiger partial charge in [-0.3, -0.25) is 14.9 Å². The number of ether oxygens (including phenoxy) is 1. The summed E-state index contributed by atoms with van der Waals surface area (Å²) in [7, 11) is 0. The molecule has 0 aliphatic carbocycles. The Kier molecular flexibility index (Phi) is 4.87. The lowest BCUT2D eigenvalue weighted by Gasteiger charge is -2.13. The zero-order valence-corrected chi connectivity index (χ0v) is 12.5. The standard InChI is InChI=1S/C16H12F3NO4/c1-10-4-2-3-5-12(10)14(21)9-24-15-7-6-11(20(22)23)8-13(15)16(17,18)19/h2-8H,9H2,1H3.